The van der Waals surface area contributed by atoms with Crippen molar-refractivity contribution in [1.29, 1.82) is 0 Å². The molecule has 0 radical (unpaired) electrons. The second-order valence-electron chi connectivity index (χ2n) is 5.76. The van der Waals surface area contributed by atoms with E-state index in [1.807, 2.05) is 0 Å². The Kier molecular flexibility index (Phi) is 3.29. The molecule has 2 aromatic carbocycles. The molecule has 1 heteroatoms. The lowest BCUT2D eigenvalue weighted by Gasteiger charge is -2.30. The van der Waals surface area contributed by atoms with Crippen LogP contribution in [0.3, 0.4) is 0 Å². The van der Waals surface area contributed by atoms with Crippen molar-refractivity contribution in [3.05, 3.63) is 65.2 Å². The van der Waals surface area contributed by atoms with Gasteiger partial charge in [0.05, 0.1) is 0 Å². The first-order chi connectivity index (χ1) is 9.24. The van der Waals surface area contributed by atoms with E-state index >= 15 is 0 Å². The average molecular weight is 251 g/mol. The van der Waals surface area contributed by atoms with E-state index in [1.165, 1.54) is 28.8 Å². The van der Waals surface area contributed by atoms with Gasteiger partial charge in [-0.3, -0.25) is 0 Å². The molecule has 98 valence electrons. The van der Waals surface area contributed by atoms with Crippen LogP contribution in [0.1, 0.15) is 42.4 Å². The second-order valence-corrected chi connectivity index (χ2v) is 5.76. The van der Waals surface area contributed by atoms with Gasteiger partial charge in [-0.15, -0.1) is 0 Å². The van der Waals surface area contributed by atoms with Crippen LogP contribution < -0.4 is 5.32 Å². The molecule has 1 N–H and O–H groups in total. The third kappa shape index (κ3) is 2.51. The number of fused-ring (bicyclic) bond motifs is 1. The fourth-order valence-electron chi connectivity index (χ4n) is 2.79. The van der Waals surface area contributed by atoms with Gasteiger partial charge in [-0.25, -0.2) is 0 Å². The van der Waals surface area contributed by atoms with Gasteiger partial charge in [-0.1, -0.05) is 50.2 Å². The summed E-state index contributed by atoms with van der Waals surface area (Å²) in [5.41, 5.74) is 5.69. The number of hydrogen-bond donors (Lipinski definition) is 1. The molecular weight excluding hydrogens is 230 g/mol. The molecule has 1 unspecified atom stereocenters. The van der Waals surface area contributed by atoms with E-state index in [-0.39, 0.29) is 0 Å². The number of benzene rings is 2. The number of nitrogens with one attached hydrogen (secondary N) is 1. The summed E-state index contributed by atoms with van der Waals surface area (Å²) < 4.78 is 0. The van der Waals surface area contributed by atoms with Crippen LogP contribution in [0.15, 0.2) is 48.5 Å². The maximum atomic E-state index is 3.58. The smallest absolute Gasteiger partial charge is 0.0343 e. The highest BCUT2D eigenvalue weighted by Gasteiger charge is 2.24. The van der Waals surface area contributed by atoms with Gasteiger partial charge in [-0.05, 0) is 41.2 Å². The fourth-order valence-corrected chi connectivity index (χ4v) is 2.79. The minimum Gasteiger partial charge on any atom is -0.384 e. The molecule has 19 heavy (non-hydrogen) atoms. The second kappa shape index (κ2) is 5.08. The maximum Gasteiger partial charge on any atom is 0.0343 e. The lowest BCUT2D eigenvalue weighted by molar-refractivity contribution is 0.635. The molecule has 1 nitrogen and oxygen atoms in total. The summed E-state index contributed by atoms with van der Waals surface area (Å²) in [6.07, 6.45) is 1.22. The predicted molar refractivity (Wildman–Crippen MR) is 81.9 cm³/mol. The van der Waals surface area contributed by atoms with E-state index in [4.69, 9.17) is 0 Å². The average Bonchev–Trinajstić information content (AvgIpc) is 2.40. The highest BCUT2D eigenvalue weighted by atomic mass is 14.9. The van der Waals surface area contributed by atoms with E-state index in [9.17, 15) is 0 Å². The lowest BCUT2D eigenvalue weighted by atomic mass is 9.77. The number of hydrogen-bond acceptors (Lipinski definition) is 1. The lowest BCUT2D eigenvalue weighted by Crippen LogP contribution is -2.24. The summed E-state index contributed by atoms with van der Waals surface area (Å²) in [6, 6.07) is 17.6. The van der Waals surface area contributed by atoms with E-state index in [0.717, 1.165) is 6.54 Å². The van der Waals surface area contributed by atoms with Crippen molar-refractivity contribution in [2.24, 2.45) is 0 Å². The first-order valence-electron chi connectivity index (χ1n) is 7.15. The SMILES string of the molecule is CC(C)c1cccc(NCC2Cc3ccccc32)c1. The van der Waals surface area contributed by atoms with Crippen molar-refractivity contribution < 1.29 is 0 Å². The quantitative estimate of drug-likeness (QED) is 0.839. The topological polar surface area (TPSA) is 12.0 Å². The van der Waals surface area contributed by atoms with E-state index in [0.29, 0.717) is 11.8 Å². The van der Waals surface area contributed by atoms with E-state index in [1.54, 1.807) is 0 Å². The van der Waals surface area contributed by atoms with Crippen molar-refractivity contribution in [2.45, 2.75) is 32.1 Å². The molecule has 0 heterocycles. The first kappa shape index (κ1) is 12.3. The number of anilines is 1. The van der Waals surface area contributed by atoms with Crippen LogP contribution in [0, 0.1) is 0 Å². The monoisotopic (exact) mass is 251 g/mol. The zero-order valence-corrected chi connectivity index (χ0v) is 11.7. The largest absolute Gasteiger partial charge is 0.384 e. The summed E-state index contributed by atoms with van der Waals surface area (Å²) in [4.78, 5) is 0. The van der Waals surface area contributed by atoms with Crippen LogP contribution in [-0.2, 0) is 6.42 Å². The van der Waals surface area contributed by atoms with Gasteiger partial charge < -0.3 is 5.32 Å². The molecule has 0 bridgehead atoms. The van der Waals surface area contributed by atoms with Crippen LogP contribution in [0.2, 0.25) is 0 Å². The van der Waals surface area contributed by atoms with Crippen LogP contribution >= 0.6 is 0 Å². The van der Waals surface area contributed by atoms with Gasteiger partial charge >= 0.3 is 0 Å². The van der Waals surface area contributed by atoms with Crippen LogP contribution in [0.4, 0.5) is 5.69 Å². The summed E-state index contributed by atoms with van der Waals surface area (Å²) in [5, 5.41) is 3.58. The van der Waals surface area contributed by atoms with Gasteiger partial charge in [0.2, 0.25) is 0 Å². The Morgan fingerprint density at radius 1 is 1.11 bits per heavy atom. The molecular formula is C18H21N. The normalized spacial score (nSPS) is 16.9. The van der Waals surface area contributed by atoms with E-state index in [2.05, 4.69) is 67.7 Å². The van der Waals surface area contributed by atoms with Crippen molar-refractivity contribution in [3.8, 4) is 0 Å². The fraction of sp³-hybridized carbons (Fsp3) is 0.333. The highest BCUT2D eigenvalue weighted by Crippen LogP contribution is 2.34. The molecule has 3 rings (SSSR count). The van der Waals surface area contributed by atoms with Gasteiger partial charge in [0.15, 0.2) is 0 Å². The summed E-state index contributed by atoms with van der Waals surface area (Å²) >= 11 is 0. The Morgan fingerprint density at radius 2 is 1.95 bits per heavy atom. The predicted octanol–water partition coefficient (Wildman–Crippen LogP) is 4.56. The molecule has 1 aliphatic carbocycles. The Bertz CT molecular complexity index is 571. The van der Waals surface area contributed by atoms with Crippen LogP contribution in [-0.4, -0.2) is 6.54 Å². The van der Waals surface area contributed by atoms with Crippen molar-refractivity contribution in [1.82, 2.24) is 0 Å². The Morgan fingerprint density at radius 3 is 2.74 bits per heavy atom. The summed E-state index contributed by atoms with van der Waals surface area (Å²) in [7, 11) is 0. The molecule has 0 aliphatic heterocycles. The van der Waals surface area contributed by atoms with Crippen LogP contribution in [0.5, 0.6) is 0 Å². The Labute approximate surface area is 115 Å². The number of rotatable bonds is 4. The zero-order chi connectivity index (χ0) is 13.2. The Hall–Kier alpha value is -1.76. The highest BCUT2D eigenvalue weighted by molar-refractivity contribution is 5.48. The van der Waals surface area contributed by atoms with Gasteiger partial charge in [0.25, 0.3) is 0 Å². The van der Waals surface area contributed by atoms with Crippen LogP contribution in [0.25, 0.3) is 0 Å². The molecule has 0 amide bonds. The van der Waals surface area contributed by atoms with Gasteiger partial charge in [0.1, 0.15) is 0 Å². The minimum atomic E-state index is 0.589. The first-order valence-corrected chi connectivity index (χ1v) is 7.15. The van der Waals surface area contributed by atoms with Crippen molar-refractivity contribution in [3.63, 3.8) is 0 Å². The molecule has 2 aromatic rings. The summed E-state index contributed by atoms with van der Waals surface area (Å²) in [5.74, 6) is 1.27. The zero-order valence-electron chi connectivity index (χ0n) is 11.7. The standard InChI is InChI=1S/C18H21N/c1-13(2)14-7-5-8-17(11-14)19-12-16-10-15-6-3-4-9-18(15)16/h3-9,11,13,16,19H,10,12H2,1-2H3. The molecule has 0 saturated carbocycles. The van der Waals surface area contributed by atoms with Gasteiger partial charge in [0, 0.05) is 18.2 Å². The molecule has 1 atom stereocenters. The third-order valence-corrected chi connectivity index (χ3v) is 4.07. The molecule has 0 spiro atoms. The van der Waals surface area contributed by atoms with E-state index < -0.39 is 0 Å². The Balaban J connectivity index is 1.63. The maximum absolute atomic E-state index is 3.58. The van der Waals surface area contributed by atoms with Gasteiger partial charge in [-0.2, -0.15) is 0 Å². The molecule has 0 aromatic heterocycles. The molecule has 0 fully saturated rings. The van der Waals surface area contributed by atoms with Crippen molar-refractivity contribution in [2.75, 3.05) is 11.9 Å². The minimum absolute atomic E-state index is 0.589. The molecule has 0 saturated heterocycles. The summed E-state index contributed by atoms with van der Waals surface area (Å²) in [6.45, 7) is 5.52. The van der Waals surface area contributed by atoms with Crippen molar-refractivity contribution >= 4 is 5.69 Å². The third-order valence-electron chi connectivity index (χ3n) is 4.07. The molecule has 1 aliphatic rings.